The van der Waals surface area contributed by atoms with Crippen LogP contribution in [-0.2, 0) is 0 Å². The minimum atomic E-state index is 0.465. The molecule has 1 aromatic carbocycles. The standard InChI is InChI=1S/C14H18N2/c1-5-10-16-14(15-4)13-9-7-6-8-12(13)11(2)3/h5-11H,1H2,2-4H3. The summed E-state index contributed by atoms with van der Waals surface area (Å²) in [4.78, 5) is 8.49. The molecule has 1 aromatic rings. The second kappa shape index (κ2) is 6.01. The van der Waals surface area contributed by atoms with E-state index < -0.39 is 0 Å². The first-order chi connectivity index (χ1) is 7.70. The zero-order chi connectivity index (χ0) is 12.0. The molecule has 2 nitrogen and oxygen atoms in total. The van der Waals surface area contributed by atoms with E-state index in [1.165, 1.54) is 5.56 Å². The van der Waals surface area contributed by atoms with E-state index >= 15 is 0 Å². The fraction of sp³-hybridized carbons (Fsp3) is 0.286. The Morgan fingerprint density at radius 2 is 2.00 bits per heavy atom. The third-order valence-electron chi connectivity index (χ3n) is 2.34. The van der Waals surface area contributed by atoms with E-state index in [2.05, 4.69) is 42.5 Å². The van der Waals surface area contributed by atoms with E-state index in [0.717, 1.165) is 11.4 Å². The molecule has 0 radical (unpaired) electrons. The molecule has 0 aromatic heterocycles. The van der Waals surface area contributed by atoms with E-state index in [9.17, 15) is 0 Å². The lowest BCUT2D eigenvalue weighted by molar-refractivity contribution is 0.863. The van der Waals surface area contributed by atoms with Crippen molar-refractivity contribution in [2.24, 2.45) is 9.98 Å². The molecule has 0 N–H and O–H groups in total. The molecule has 1 rings (SSSR count). The van der Waals surface area contributed by atoms with Gasteiger partial charge in [0.1, 0.15) is 0 Å². The van der Waals surface area contributed by atoms with Crippen LogP contribution in [0.25, 0.3) is 0 Å². The largest absolute Gasteiger partial charge is 0.270 e. The van der Waals surface area contributed by atoms with Crippen LogP contribution in [0.5, 0.6) is 0 Å². The minimum absolute atomic E-state index is 0.465. The van der Waals surface area contributed by atoms with Crippen LogP contribution in [0.15, 0.2) is 46.9 Å². The lowest BCUT2D eigenvalue weighted by Gasteiger charge is -2.11. The maximum atomic E-state index is 4.28. The van der Waals surface area contributed by atoms with E-state index in [4.69, 9.17) is 0 Å². The number of amidine groups is 1. The second-order valence-corrected chi connectivity index (χ2v) is 3.80. The van der Waals surface area contributed by atoms with Crippen LogP contribution in [0.2, 0.25) is 0 Å². The van der Waals surface area contributed by atoms with Crippen molar-refractivity contribution in [1.82, 2.24) is 0 Å². The van der Waals surface area contributed by atoms with E-state index in [-0.39, 0.29) is 0 Å². The van der Waals surface area contributed by atoms with Crippen LogP contribution in [-0.4, -0.2) is 19.1 Å². The van der Waals surface area contributed by atoms with Crippen molar-refractivity contribution in [1.29, 1.82) is 0 Å². The summed E-state index contributed by atoms with van der Waals surface area (Å²) in [5, 5.41) is 0. The Bertz CT molecular complexity index is 414. The van der Waals surface area contributed by atoms with Gasteiger partial charge in [-0.2, -0.15) is 0 Å². The Morgan fingerprint density at radius 3 is 2.56 bits per heavy atom. The van der Waals surface area contributed by atoms with Crippen LogP contribution >= 0.6 is 0 Å². The van der Waals surface area contributed by atoms with Gasteiger partial charge in [-0.05, 0) is 11.5 Å². The Morgan fingerprint density at radius 1 is 1.31 bits per heavy atom. The van der Waals surface area contributed by atoms with E-state index in [0.29, 0.717) is 5.92 Å². The highest BCUT2D eigenvalue weighted by molar-refractivity contribution is 6.05. The summed E-state index contributed by atoms with van der Waals surface area (Å²) in [5.41, 5.74) is 2.36. The van der Waals surface area contributed by atoms with Gasteiger partial charge >= 0.3 is 0 Å². The Hall–Kier alpha value is -1.70. The molecule has 0 saturated carbocycles. The molecule has 0 bridgehead atoms. The Labute approximate surface area is 97.5 Å². The zero-order valence-corrected chi connectivity index (χ0v) is 10.1. The predicted octanol–water partition coefficient (Wildman–Crippen LogP) is 3.44. The summed E-state index contributed by atoms with van der Waals surface area (Å²) in [6.45, 7) is 7.95. The number of hydrogen-bond acceptors (Lipinski definition) is 1. The number of allylic oxidation sites excluding steroid dienone is 1. The van der Waals surface area contributed by atoms with Gasteiger partial charge in [-0.25, -0.2) is 4.99 Å². The molecule has 0 saturated heterocycles. The molecule has 84 valence electrons. The Balaban J connectivity index is 3.20. The highest BCUT2D eigenvalue weighted by Gasteiger charge is 2.09. The smallest absolute Gasteiger partial charge is 0.154 e. The van der Waals surface area contributed by atoms with Gasteiger partial charge in [0.25, 0.3) is 0 Å². The van der Waals surface area contributed by atoms with Gasteiger partial charge in [-0.15, -0.1) is 0 Å². The minimum Gasteiger partial charge on any atom is -0.270 e. The van der Waals surface area contributed by atoms with Gasteiger partial charge < -0.3 is 0 Å². The average Bonchev–Trinajstić information content (AvgIpc) is 2.30. The summed E-state index contributed by atoms with van der Waals surface area (Å²) in [5.74, 6) is 1.22. The maximum absolute atomic E-state index is 4.28. The number of rotatable bonds is 3. The molecule has 0 aliphatic rings. The summed E-state index contributed by atoms with van der Waals surface area (Å²) >= 11 is 0. The fourth-order valence-corrected chi connectivity index (χ4v) is 1.58. The molecule has 2 heteroatoms. The number of aliphatic imine (C=N–C) groups is 2. The third-order valence-corrected chi connectivity index (χ3v) is 2.34. The maximum Gasteiger partial charge on any atom is 0.154 e. The summed E-state index contributed by atoms with van der Waals surface area (Å²) in [7, 11) is 1.76. The van der Waals surface area contributed by atoms with Crippen molar-refractivity contribution in [3.05, 3.63) is 48.0 Å². The molecule has 0 amide bonds. The fourth-order valence-electron chi connectivity index (χ4n) is 1.58. The molecule has 0 fully saturated rings. The summed E-state index contributed by atoms with van der Waals surface area (Å²) < 4.78 is 0. The van der Waals surface area contributed by atoms with E-state index in [1.807, 2.05) is 12.1 Å². The predicted molar refractivity (Wildman–Crippen MR) is 71.7 cm³/mol. The normalized spacial score (nSPS) is 12.4. The van der Waals surface area contributed by atoms with Gasteiger partial charge in [0.15, 0.2) is 5.84 Å². The SMILES string of the molecule is C=CC=NC(=NC)c1ccccc1C(C)C. The lowest BCUT2D eigenvalue weighted by atomic mass is 9.97. The first-order valence-electron chi connectivity index (χ1n) is 5.41. The Kier molecular flexibility index (Phi) is 4.65. The lowest BCUT2D eigenvalue weighted by Crippen LogP contribution is -2.03. The van der Waals surface area contributed by atoms with Crippen molar-refractivity contribution >= 4 is 12.1 Å². The van der Waals surface area contributed by atoms with Gasteiger partial charge in [0, 0.05) is 18.8 Å². The monoisotopic (exact) mass is 214 g/mol. The van der Waals surface area contributed by atoms with Crippen LogP contribution in [0.4, 0.5) is 0 Å². The van der Waals surface area contributed by atoms with Gasteiger partial charge in [0.2, 0.25) is 0 Å². The van der Waals surface area contributed by atoms with Crippen molar-refractivity contribution < 1.29 is 0 Å². The highest BCUT2D eigenvalue weighted by Crippen LogP contribution is 2.20. The van der Waals surface area contributed by atoms with Crippen LogP contribution in [0.3, 0.4) is 0 Å². The van der Waals surface area contributed by atoms with Crippen molar-refractivity contribution in [3.63, 3.8) is 0 Å². The van der Waals surface area contributed by atoms with Crippen molar-refractivity contribution in [2.75, 3.05) is 7.05 Å². The molecular weight excluding hydrogens is 196 g/mol. The average molecular weight is 214 g/mol. The molecule has 0 unspecified atom stereocenters. The van der Waals surface area contributed by atoms with Crippen LogP contribution in [0, 0.1) is 0 Å². The topological polar surface area (TPSA) is 24.7 Å². The van der Waals surface area contributed by atoms with Gasteiger partial charge in [0.05, 0.1) is 0 Å². The van der Waals surface area contributed by atoms with E-state index in [1.54, 1.807) is 19.3 Å². The van der Waals surface area contributed by atoms with Crippen LogP contribution in [0.1, 0.15) is 30.9 Å². The van der Waals surface area contributed by atoms with Crippen molar-refractivity contribution in [2.45, 2.75) is 19.8 Å². The summed E-state index contributed by atoms with van der Waals surface area (Å²) in [6, 6.07) is 8.23. The highest BCUT2D eigenvalue weighted by atomic mass is 14.9. The molecular formula is C14H18N2. The van der Waals surface area contributed by atoms with Crippen molar-refractivity contribution in [3.8, 4) is 0 Å². The molecule has 0 spiro atoms. The quantitative estimate of drug-likeness (QED) is 0.544. The van der Waals surface area contributed by atoms with Gasteiger partial charge in [-0.1, -0.05) is 50.8 Å². The number of benzene rings is 1. The number of nitrogens with zero attached hydrogens (tertiary/aromatic N) is 2. The molecule has 0 aliphatic heterocycles. The molecule has 16 heavy (non-hydrogen) atoms. The molecule has 0 aliphatic carbocycles. The summed E-state index contributed by atoms with van der Waals surface area (Å²) in [6.07, 6.45) is 3.32. The molecule has 0 atom stereocenters. The third kappa shape index (κ3) is 2.89. The number of hydrogen-bond donors (Lipinski definition) is 0. The van der Waals surface area contributed by atoms with Gasteiger partial charge in [-0.3, -0.25) is 4.99 Å². The van der Waals surface area contributed by atoms with Crippen LogP contribution < -0.4 is 0 Å². The second-order valence-electron chi connectivity index (χ2n) is 3.80. The zero-order valence-electron chi connectivity index (χ0n) is 10.1. The first-order valence-corrected chi connectivity index (χ1v) is 5.41. The first kappa shape index (κ1) is 12.4. The molecule has 0 heterocycles.